The summed E-state index contributed by atoms with van der Waals surface area (Å²) < 4.78 is 43.5. The first-order valence-corrected chi connectivity index (χ1v) is 8.45. The Morgan fingerprint density at radius 2 is 1.79 bits per heavy atom. The maximum absolute atomic E-state index is 12.6. The molecule has 0 bridgehead atoms. The Morgan fingerprint density at radius 3 is 2.38 bits per heavy atom. The minimum absolute atomic E-state index is 0.387. The maximum atomic E-state index is 12.6. The number of aryl methyl sites for hydroxylation is 2. The highest BCUT2D eigenvalue weighted by Crippen LogP contribution is 2.31. The third-order valence-electron chi connectivity index (χ3n) is 4.24. The van der Waals surface area contributed by atoms with Crippen molar-refractivity contribution in [2.24, 2.45) is 5.92 Å². The molecular formula is C19H24F3NO. The van der Waals surface area contributed by atoms with Crippen LogP contribution < -0.4 is 0 Å². The summed E-state index contributed by atoms with van der Waals surface area (Å²) in [5, 5.41) is 0. The number of rotatable bonds is 7. The molecule has 0 amide bonds. The molecule has 5 heteroatoms. The number of hydrogen-bond donors (Lipinski definition) is 0. The molecule has 2 aromatic rings. The van der Waals surface area contributed by atoms with Crippen LogP contribution in [0.25, 0.3) is 11.5 Å². The van der Waals surface area contributed by atoms with Crippen molar-refractivity contribution in [3.8, 4) is 11.5 Å². The Bertz CT molecular complexity index is 644. The van der Waals surface area contributed by atoms with E-state index in [-0.39, 0.29) is 0 Å². The minimum atomic E-state index is -4.33. The van der Waals surface area contributed by atoms with E-state index >= 15 is 0 Å². The van der Waals surface area contributed by atoms with Crippen molar-refractivity contribution in [2.75, 3.05) is 0 Å². The van der Waals surface area contributed by atoms with Crippen LogP contribution in [0.5, 0.6) is 0 Å². The van der Waals surface area contributed by atoms with Gasteiger partial charge in [0.25, 0.3) is 0 Å². The first-order valence-electron chi connectivity index (χ1n) is 8.45. The van der Waals surface area contributed by atoms with Crippen LogP contribution in [-0.2, 0) is 12.6 Å². The lowest BCUT2D eigenvalue weighted by atomic mass is 9.98. The Kier molecular flexibility index (Phi) is 6.08. The molecular weight excluding hydrogens is 315 g/mol. The summed E-state index contributed by atoms with van der Waals surface area (Å²) in [4.78, 5) is 4.47. The largest absolute Gasteiger partial charge is 0.441 e. The molecule has 24 heavy (non-hydrogen) atoms. The van der Waals surface area contributed by atoms with Gasteiger partial charge in [-0.05, 0) is 49.9 Å². The molecule has 2 rings (SSSR count). The van der Waals surface area contributed by atoms with E-state index in [4.69, 9.17) is 4.42 Å². The molecule has 1 unspecified atom stereocenters. The molecule has 132 valence electrons. The topological polar surface area (TPSA) is 26.0 Å². The van der Waals surface area contributed by atoms with E-state index in [0.29, 0.717) is 17.4 Å². The van der Waals surface area contributed by atoms with Crippen molar-refractivity contribution in [1.29, 1.82) is 0 Å². The van der Waals surface area contributed by atoms with E-state index < -0.39 is 11.7 Å². The average Bonchev–Trinajstić information content (AvgIpc) is 2.88. The smallest absolute Gasteiger partial charge is 0.416 e. The van der Waals surface area contributed by atoms with E-state index in [1.807, 2.05) is 6.92 Å². The summed E-state index contributed by atoms with van der Waals surface area (Å²) in [5.74, 6) is 1.84. The van der Waals surface area contributed by atoms with Crippen LogP contribution in [0.4, 0.5) is 13.2 Å². The first-order chi connectivity index (χ1) is 11.3. The molecule has 0 saturated carbocycles. The van der Waals surface area contributed by atoms with E-state index in [0.717, 1.165) is 42.8 Å². The van der Waals surface area contributed by atoms with Crippen molar-refractivity contribution in [3.63, 3.8) is 0 Å². The number of alkyl halides is 3. The molecule has 0 N–H and O–H groups in total. The maximum Gasteiger partial charge on any atom is 0.416 e. The fourth-order valence-electron chi connectivity index (χ4n) is 2.84. The van der Waals surface area contributed by atoms with Crippen LogP contribution in [0.2, 0.25) is 0 Å². The number of halogens is 3. The number of oxazole rings is 1. The number of nitrogens with zero attached hydrogens (tertiary/aromatic N) is 1. The summed E-state index contributed by atoms with van der Waals surface area (Å²) in [6.45, 7) is 6.30. The van der Waals surface area contributed by atoms with Gasteiger partial charge in [0.05, 0.1) is 11.3 Å². The second-order valence-electron chi connectivity index (χ2n) is 6.38. The number of benzene rings is 1. The molecule has 1 aromatic heterocycles. The van der Waals surface area contributed by atoms with Crippen molar-refractivity contribution in [1.82, 2.24) is 4.98 Å². The molecule has 1 atom stereocenters. The molecule has 0 radical (unpaired) electrons. The van der Waals surface area contributed by atoms with E-state index in [9.17, 15) is 13.2 Å². The van der Waals surface area contributed by atoms with Crippen molar-refractivity contribution >= 4 is 0 Å². The second-order valence-corrected chi connectivity index (χ2v) is 6.38. The van der Waals surface area contributed by atoms with Gasteiger partial charge in [0.1, 0.15) is 5.76 Å². The average molecular weight is 339 g/mol. The third-order valence-corrected chi connectivity index (χ3v) is 4.24. The van der Waals surface area contributed by atoms with Gasteiger partial charge in [0, 0.05) is 5.56 Å². The van der Waals surface area contributed by atoms with Gasteiger partial charge in [-0.25, -0.2) is 4.98 Å². The van der Waals surface area contributed by atoms with Crippen molar-refractivity contribution in [3.05, 3.63) is 41.3 Å². The van der Waals surface area contributed by atoms with Gasteiger partial charge in [-0.1, -0.05) is 33.1 Å². The van der Waals surface area contributed by atoms with Gasteiger partial charge in [-0.2, -0.15) is 13.2 Å². The Hall–Kier alpha value is -1.78. The number of hydrogen-bond acceptors (Lipinski definition) is 2. The van der Waals surface area contributed by atoms with Crippen LogP contribution in [0, 0.1) is 12.8 Å². The first kappa shape index (κ1) is 18.6. The van der Waals surface area contributed by atoms with Crippen LogP contribution in [0.15, 0.2) is 28.7 Å². The summed E-state index contributed by atoms with van der Waals surface area (Å²) in [6.07, 6.45) is 1.13. The molecule has 0 aliphatic carbocycles. The summed E-state index contributed by atoms with van der Waals surface area (Å²) in [5.41, 5.74) is 0.796. The standard InChI is InChI=1S/C19H24F3NO/c1-4-6-13(2)7-5-8-17-14(3)24-18(23-17)15-9-11-16(12-10-15)19(20,21)22/h9-13H,4-8H2,1-3H3. The molecule has 0 aliphatic heterocycles. The van der Waals surface area contributed by atoms with E-state index in [2.05, 4.69) is 18.8 Å². The van der Waals surface area contributed by atoms with Crippen LogP contribution >= 0.6 is 0 Å². The van der Waals surface area contributed by atoms with Crippen LogP contribution in [-0.4, -0.2) is 4.98 Å². The Labute approximate surface area is 141 Å². The predicted molar refractivity (Wildman–Crippen MR) is 88.7 cm³/mol. The lowest BCUT2D eigenvalue weighted by molar-refractivity contribution is -0.137. The van der Waals surface area contributed by atoms with Gasteiger partial charge in [-0.15, -0.1) is 0 Å². The molecule has 0 spiro atoms. The molecule has 1 aromatic carbocycles. The third kappa shape index (κ3) is 4.86. The van der Waals surface area contributed by atoms with Crippen LogP contribution in [0.1, 0.15) is 56.5 Å². The lowest BCUT2D eigenvalue weighted by Crippen LogP contribution is -2.04. The molecule has 0 fully saturated rings. The minimum Gasteiger partial charge on any atom is -0.441 e. The van der Waals surface area contributed by atoms with E-state index in [1.54, 1.807) is 0 Å². The highest BCUT2D eigenvalue weighted by molar-refractivity contribution is 5.54. The van der Waals surface area contributed by atoms with Crippen LogP contribution in [0.3, 0.4) is 0 Å². The highest BCUT2D eigenvalue weighted by Gasteiger charge is 2.30. The fraction of sp³-hybridized carbons (Fsp3) is 0.526. The van der Waals surface area contributed by atoms with Gasteiger partial charge in [0.15, 0.2) is 0 Å². The van der Waals surface area contributed by atoms with Gasteiger partial charge < -0.3 is 4.42 Å². The highest BCUT2D eigenvalue weighted by atomic mass is 19.4. The number of aromatic nitrogens is 1. The molecule has 0 saturated heterocycles. The molecule has 0 aliphatic rings. The van der Waals surface area contributed by atoms with Gasteiger partial charge in [-0.3, -0.25) is 0 Å². The fourth-order valence-corrected chi connectivity index (χ4v) is 2.84. The van der Waals surface area contributed by atoms with Gasteiger partial charge in [0.2, 0.25) is 5.89 Å². The predicted octanol–water partition coefficient (Wildman–Crippen LogP) is 6.43. The molecule has 2 nitrogen and oxygen atoms in total. The summed E-state index contributed by atoms with van der Waals surface area (Å²) in [7, 11) is 0. The normalized spacial score (nSPS) is 13.2. The Morgan fingerprint density at radius 1 is 1.12 bits per heavy atom. The van der Waals surface area contributed by atoms with E-state index in [1.165, 1.54) is 25.0 Å². The van der Waals surface area contributed by atoms with Gasteiger partial charge >= 0.3 is 6.18 Å². The zero-order valence-corrected chi connectivity index (χ0v) is 14.4. The second kappa shape index (κ2) is 7.86. The van der Waals surface area contributed by atoms with Crippen molar-refractivity contribution in [2.45, 2.75) is 59.1 Å². The summed E-state index contributed by atoms with van der Waals surface area (Å²) in [6, 6.07) is 4.92. The van der Waals surface area contributed by atoms with Crippen molar-refractivity contribution < 1.29 is 17.6 Å². The monoisotopic (exact) mass is 339 g/mol. The SMILES string of the molecule is CCCC(C)CCCc1nc(-c2ccc(C(F)(F)F)cc2)oc1C. The zero-order valence-electron chi connectivity index (χ0n) is 14.4. The molecule has 1 heterocycles. The zero-order chi connectivity index (χ0) is 17.7. The lowest BCUT2D eigenvalue weighted by Gasteiger charge is -2.08. The quantitative estimate of drug-likeness (QED) is 0.581. The summed E-state index contributed by atoms with van der Waals surface area (Å²) >= 11 is 0. The Balaban J connectivity index is 2.03.